The van der Waals surface area contributed by atoms with Gasteiger partial charge in [-0.2, -0.15) is 0 Å². The van der Waals surface area contributed by atoms with E-state index in [1.165, 1.54) is 51.3 Å². The number of benzene rings is 1. The van der Waals surface area contributed by atoms with E-state index in [2.05, 4.69) is 64.4 Å². The van der Waals surface area contributed by atoms with Crippen LogP contribution in [0.1, 0.15) is 51.6 Å². The fourth-order valence-electron chi connectivity index (χ4n) is 4.29. The molecule has 162 valence electrons. The van der Waals surface area contributed by atoms with Gasteiger partial charge in [0.15, 0.2) is 5.96 Å². The van der Waals surface area contributed by atoms with Gasteiger partial charge in [0.25, 0.3) is 0 Å². The lowest BCUT2D eigenvalue weighted by atomic mass is 9.90. The monoisotopic (exact) mass is 401 g/mol. The zero-order valence-corrected chi connectivity index (χ0v) is 18.7. The topological polar surface area (TPSA) is 52.1 Å². The molecular weight excluding hydrogens is 362 g/mol. The third-order valence-corrected chi connectivity index (χ3v) is 6.02. The molecule has 1 aromatic rings. The second-order valence-electron chi connectivity index (χ2n) is 8.78. The summed E-state index contributed by atoms with van der Waals surface area (Å²) in [5, 5.41) is 7.11. The first kappa shape index (κ1) is 21.9. The van der Waals surface area contributed by atoms with Gasteiger partial charge in [0, 0.05) is 51.8 Å². The summed E-state index contributed by atoms with van der Waals surface area (Å²) in [5.41, 5.74) is 1.02. The number of guanidine groups is 1. The third kappa shape index (κ3) is 6.34. The molecule has 29 heavy (non-hydrogen) atoms. The van der Waals surface area contributed by atoms with Crippen LogP contribution in [0.15, 0.2) is 29.3 Å². The number of rotatable bonds is 7. The molecule has 2 aliphatic heterocycles. The second-order valence-corrected chi connectivity index (χ2v) is 8.78. The number of piperazine rings is 1. The fraction of sp³-hybridized carbons (Fsp3) is 0.696. The molecule has 1 unspecified atom stereocenters. The van der Waals surface area contributed by atoms with Crippen LogP contribution >= 0.6 is 0 Å². The molecule has 2 N–H and O–H groups in total. The van der Waals surface area contributed by atoms with Gasteiger partial charge >= 0.3 is 0 Å². The van der Waals surface area contributed by atoms with Crippen molar-refractivity contribution in [3.05, 3.63) is 29.8 Å². The van der Waals surface area contributed by atoms with Crippen LogP contribution in [-0.2, 0) is 0 Å². The second kappa shape index (κ2) is 10.3. The Morgan fingerprint density at radius 3 is 2.59 bits per heavy atom. The van der Waals surface area contributed by atoms with Crippen molar-refractivity contribution < 1.29 is 4.74 Å². The van der Waals surface area contributed by atoms with Gasteiger partial charge in [-0.15, -0.1) is 0 Å². The van der Waals surface area contributed by atoms with Crippen LogP contribution in [-0.4, -0.2) is 74.2 Å². The van der Waals surface area contributed by atoms with Crippen molar-refractivity contribution in [1.82, 2.24) is 20.4 Å². The maximum atomic E-state index is 6.14. The summed E-state index contributed by atoms with van der Waals surface area (Å²) in [7, 11) is 1.85. The zero-order chi connectivity index (χ0) is 20.7. The summed E-state index contributed by atoms with van der Waals surface area (Å²) in [6, 6.07) is 8.52. The number of likely N-dealkylation sites (N-methyl/N-ethyl adjacent to an activating group) is 1. The summed E-state index contributed by atoms with van der Waals surface area (Å²) in [5.74, 6) is 1.85. The van der Waals surface area contributed by atoms with E-state index in [-0.39, 0.29) is 11.6 Å². The number of hydrogen-bond acceptors (Lipinski definition) is 4. The molecule has 1 fully saturated rings. The Labute approximate surface area is 176 Å². The predicted octanol–water partition coefficient (Wildman–Crippen LogP) is 2.87. The average Bonchev–Trinajstić information content (AvgIpc) is 2.72. The largest absolute Gasteiger partial charge is 0.487 e. The summed E-state index contributed by atoms with van der Waals surface area (Å²) in [6.07, 6.45) is 3.29. The van der Waals surface area contributed by atoms with Gasteiger partial charge in [-0.3, -0.25) is 4.99 Å². The Kier molecular flexibility index (Phi) is 7.78. The molecule has 1 aromatic carbocycles. The van der Waals surface area contributed by atoms with Gasteiger partial charge in [0.1, 0.15) is 11.4 Å². The molecule has 2 aliphatic rings. The minimum atomic E-state index is -0.188. The highest BCUT2D eigenvalue weighted by atomic mass is 16.5. The molecule has 1 atom stereocenters. The third-order valence-electron chi connectivity index (χ3n) is 6.02. The molecule has 0 saturated carbocycles. The lowest BCUT2D eigenvalue weighted by Gasteiger charge is -2.38. The van der Waals surface area contributed by atoms with E-state index >= 15 is 0 Å². The lowest BCUT2D eigenvalue weighted by molar-refractivity contribution is 0.0694. The van der Waals surface area contributed by atoms with Crippen molar-refractivity contribution in [2.24, 2.45) is 4.99 Å². The van der Waals surface area contributed by atoms with Crippen molar-refractivity contribution >= 4 is 5.96 Å². The molecule has 6 nitrogen and oxygen atoms in total. The van der Waals surface area contributed by atoms with E-state index in [9.17, 15) is 0 Å². The van der Waals surface area contributed by atoms with Gasteiger partial charge in [-0.1, -0.05) is 25.1 Å². The van der Waals surface area contributed by atoms with Crippen LogP contribution in [0.4, 0.5) is 0 Å². The van der Waals surface area contributed by atoms with E-state index in [0.29, 0.717) is 0 Å². The Bertz CT molecular complexity index is 667. The Morgan fingerprint density at radius 2 is 1.86 bits per heavy atom. The number of para-hydroxylation sites is 1. The molecule has 0 amide bonds. The maximum absolute atomic E-state index is 6.14. The molecular formula is C23H39N5O. The number of nitrogens with zero attached hydrogens (tertiary/aromatic N) is 3. The standard InChI is InChI=1S/C23H39N5O/c1-5-27-14-16-28(17-15-27)13-9-8-12-25-22(24-4)26-20-18-23(2,3)29-21-11-7-6-10-19(20)21/h6-7,10-11,20H,5,8-9,12-18H2,1-4H3,(H2,24,25,26). The fourth-order valence-corrected chi connectivity index (χ4v) is 4.29. The summed E-state index contributed by atoms with van der Waals surface area (Å²) >= 11 is 0. The minimum Gasteiger partial charge on any atom is -0.487 e. The first-order chi connectivity index (χ1) is 14.0. The van der Waals surface area contributed by atoms with Crippen molar-refractivity contribution in [1.29, 1.82) is 0 Å². The van der Waals surface area contributed by atoms with Crippen LogP contribution in [0.25, 0.3) is 0 Å². The Balaban J connectivity index is 1.41. The number of hydrogen-bond donors (Lipinski definition) is 2. The summed E-state index contributed by atoms with van der Waals surface area (Å²) < 4.78 is 6.14. The molecule has 0 aromatic heterocycles. The Morgan fingerprint density at radius 1 is 1.14 bits per heavy atom. The van der Waals surface area contributed by atoms with Crippen molar-refractivity contribution in [3.8, 4) is 5.75 Å². The molecule has 0 bridgehead atoms. The van der Waals surface area contributed by atoms with Crippen LogP contribution in [0, 0.1) is 0 Å². The smallest absolute Gasteiger partial charge is 0.191 e. The highest BCUT2D eigenvalue weighted by Crippen LogP contribution is 2.39. The minimum absolute atomic E-state index is 0.188. The van der Waals surface area contributed by atoms with Crippen molar-refractivity contribution in [2.45, 2.75) is 51.7 Å². The van der Waals surface area contributed by atoms with Crippen LogP contribution < -0.4 is 15.4 Å². The van der Waals surface area contributed by atoms with Crippen molar-refractivity contribution in [2.75, 3.05) is 52.9 Å². The zero-order valence-electron chi connectivity index (χ0n) is 18.7. The van der Waals surface area contributed by atoms with Crippen molar-refractivity contribution in [3.63, 3.8) is 0 Å². The summed E-state index contributed by atoms with van der Waals surface area (Å²) in [6.45, 7) is 14.7. The highest BCUT2D eigenvalue weighted by molar-refractivity contribution is 5.80. The van der Waals surface area contributed by atoms with Gasteiger partial charge in [0.05, 0.1) is 6.04 Å². The average molecular weight is 402 g/mol. The van der Waals surface area contributed by atoms with E-state index in [0.717, 1.165) is 31.1 Å². The highest BCUT2D eigenvalue weighted by Gasteiger charge is 2.33. The van der Waals surface area contributed by atoms with Gasteiger partial charge < -0.3 is 25.2 Å². The number of aliphatic imine (C=N–C) groups is 1. The van der Waals surface area contributed by atoms with E-state index in [1.807, 2.05) is 13.1 Å². The SMILES string of the molecule is CCN1CCN(CCCCNC(=NC)NC2CC(C)(C)Oc3ccccc32)CC1. The van der Waals surface area contributed by atoms with Gasteiger partial charge in [-0.05, 0) is 45.8 Å². The van der Waals surface area contributed by atoms with E-state index in [4.69, 9.17) is 4.74 Å². The van der Waals surface area contributed by atoms with E-state index in [1.54, 1.807) is 0 Å². The van der Waals surface area contributed by atoms with Crippen LogP contribution in [0.2, 0.25) is 0 Å². The van der Waals surface area contributed by atoms with Gasteiger partial charge in [0.2, 0.25) is 0 Å². The molecule has 2 heterocycles. The lowest BCUT2D eigenvalue weighted by Crippen LogP contribution is -2.46. The van der Waals surface area contributed by atoms with Crippen LogP contribution in [0.3, 0.4) is 0 Å². The summed E-state index contributed by atoms with van der Waals surface area (Å²) in [4.78, 5) is 9.57. The molecule has 0 aliphatic carbocycles. The molecule has 6 heteroatoms. The Hall–Kier alpha value is -1.79. The first-order valence-electron chi connectivity index (χ1n) is 11.2. The molecule has 0 radical (unpaired) electrons. The molecule has 1 saturated heterocycles. The number of unbranched alkanes of at least 4 members (excludes halogenated alkanes) is 1. The quantitative estimate of drug-likeness (QED) is 0.418. The molecule has 0 spiro atoms. The number of fused-ring (bicyclic) bond motifs is 1. The molecule has 3 rings (SSSR count). The number of nitrogens with one attached hydrogen (secondary N) is 2. The van der Waals surface area contributed by atoms with Crippen LogP contribution in [0.5, 0.6) is 5.75 Å². The maximum Gasteiger partial charge on any atom is 0.191 e. The first-order valence-corrected chi connectivity index (χ1v) is 11.2. The van der Waals surface area contributed by atoms with Gasteiger partial charge in [-0.25, -0.2) is 0 Å². The normalized spacial score (nSPS) is 22.6. The predicted molar refractivity (Wildman–Crippen MR) is 121 cm³/mol. The van der Waals surface area contributed by atoms with E-state index < -0.39 is 0 Å². The number of ether oxygens (including phenoxy) is 1.